The average molecular weight is 535 g/mol. The summed E-state index contributed by atoms with van der Waals surface area (Å²) in [4.78, 5) is 46.4. The lowest BCUT2D eigenvalue weighted by Gasteiger charge is -2.36. The Morgan fingerprint density at radius 1 is 1.31 bits per heavy atom. The van der Waals surface area contributed by atoms with Crippen molar-refractivity contribution in [3.05, 3.63) is 47.5 Å². The van der Waals surface area contributed by atoms with Crippen molar-refractivity contribution in [3.8, 4) is 11.3 Å². The van der Waals surface area contributed by atoms with Crippen LogP contribution in [0.5, 0.6) is 0 Å². The van der Waals surface area contributed by atoms with Gasteiger partial charge >= 0.3 is 16.2 Å². The highest BCUT2D eigenvalue weighted by molar-refractivity contribution is 7.91. The highest BCUT2D eigenvalue weighted by Crippen LogP contribution is 2.22. The topological polar surface area (TPSA) is 211 Å². The molecule has 1 aromatic carbocycles. The van der Waals surface area contributed by atoms with Crippen molar-refractivity contribution in [1.29, 1.82) is 0 Å². The third kappa shape index (κ3) is 5.41. The van der Waals surface area contributed by atoms with E-state index in [4.69, 9.17) is 10.3 Å². The molecule has 1 atom stereocenters. The van der Waals surface area contributed by atoms with Gasteiger partial charge in [0.2, 0.25) is 0 Å². The van der Waals surface area contributed by atoms with E-state index in [-0.39, 0.29) is 28.9 Å². The molecule has 0 saturated carbocycles. The molecule has 3 heterocycles. The number of β-lactam (4-membered cyclic amide) rings is 1. The maximum atomic E-state index is 12.5. The van der Waals surface area contributed by atoms with Crippen LogP contribution in [0, 0.1) is 0 Å². The Morgan fingerprint density at radius 3 is 2.69 bits per heavy atom. The average Bonchev–Trinajstić information content (AvgIpc) is 3.48. The molecule has 1 aliphatic heterocycles. The minimum Gasteiger partial charge on any atom is -0.398 e. The summed E-state index contributed by atoms with van der Waals surface area (Å²) >= 11 is 1.07. The number of carbonyl (C=O) groups excluding carboxylic acids is 3. The number of hydrogen-bond acceptors (Lipinski definition) is 12. The van der Waals surface area contributed by atoms with E-state index in [1.54, 1.807) is 35.1 Å². The van der Waals surface area contributed by atoms with Gasteiger partial charge in [-0.25, -0.2) is 19.2 Å². The van der Waals surface area contributed by atoms with E-state index in [2.05, 4.69) is 25.5 Å². The van der Waals surface area contributed by atoms with Crippen LogP contribution in [0.4, 0.5) is 15.7 Å². The Labute approximate surface area is 207 Å². The summed E-state index contributed by atoms with van der Waals surface area (Å²) in [6.07, 6.45) is 0. The van der Waals surface area contributed by atoms with Crippen LogP contribution < -0.4 is 20.5 Å². The first-order valence-corrected chi connectivity index (χ1v) is 12.3. The van der Waals surface area contributed by atoms with Crippen LogP contribution in [0.25, 0.3) is 11.3 Å². The summed E-state index contributed by atoms with van der Waals surface area (Å²) in [5.41, 5.74) is 6.14. The number of carbonyl (C=O) groups is 3. The first-order chi connectivity index (χ1) is 17.2. The van der Waals surface area contributed by atoms with Gasteiger partial charge in [-0.1, -0.05) is 40.6 Å². The minimum absolute atomic E-state index is 0.138. The predicted molar refractivity (Wildman–Crippen MR) is 127 cm³/mol. The normalized spacial score (nSPS) is 15.7. The van der Waals surface area contributed by atoms with Gasteiger partial charge < -0.3 is 20.4 Å². The number of urea groups is 1. The minimum atomic E-state index is -4.45. The van der Waals surface area contributed by atoms with Gasteiger partial charge in [0.05, 0.1) is 6.54 Å². The van der Waals surface area contributed by atoms with Crippen molar-refractivity contribution < 1.29 is 32.2 Å². The molecule has 1 fully saturated rings. The van der Waals surface area contributed by atoms with E-state index in [9.17, 15) is 22.8 Å². The first-order valence-electron chi connectivity index (χ1n) is 9.98. The van der Waals surface area contributed by atoms with Gasteiger partial charge in [0.25, 0.3) is 11.8 Å². The maximum absolute atomic E-state index is 12.5. The van der Waals surface area contributed by atoms with Crippen LogP contribution in [-0.4, -0.2) is 66.7 Å². The second-order valence-electron chi connectivity index (χ2n) is 7.12. The number of hydrogen-bond donors (Lipinski definition) is 4. The highest BCUT2D eigenvalue weighted by atomic mass is 32.2. The second kappa shape index (κ2) is 10.0. The van der Waals surface area contributed by atoms with Crippen LogP contribution in [-0.2, 0) is 24.6 Å². The van der Waals surface area contributed by atoms with E-state index in [1.165, 1.54) is 18.6 Å². The third-order valence-corrected chi connectivity index (χ3v) is 6.27. The molecule has 1 aliphatic rings. The summed E-state index contributed by atoms with van der Waals surface area (Å²) in [6.45, 7) is -0.284. The molecular weight excluding hydrogens is 516 g/mol. The lowest BCUT2D eigenvalue weighted by molar-refractivity contribution is -0.141. The van der Waals surface area contributed by atoms with Gasteiger partial charge in [0.15, 0.2) is 22.4 Å². The monoisotopic (exact) mass is 534 g/mol. The Morgan fingerprint density at radius 2 is 2.06 bits per heavy atom. The molecule has 1 saturated heterocycles. The molecule has 17 heteroatoms. The number of rotatable bonds is 8. The van der Waals surface area contributed by atoms with E-state index in [1.807, 2.05) is 4.72 Å². The van der Waals surface area contributed by atoms with E-state index in [0.717, 1.165) is 11.3 Å². The van der Waals surface area contributed by atoms with E-state index >= 15 is 0 Å². The van der Waals surface area contributed by atoms with E-state index < -0.39 is 34.1 Å². The van der Waals surface area contributed by atoms with E-state index in [0.29, 0.717) is 16.2 Å². The zero-order valence-electron chi connectivity index (χ0n) is 18.4. The third-order valence-electron chi connectivity index (χ3n) is 4.67. The SMILES string of the molecule is CON=C(C(=O)N[C@H]1CN(C(=O)NS(=O)(=O)Nc2cc(-c3ccccc3)on2)C1=O)c1csc(N)n1. The fourth-order valence-electron chi connectivity index (χ4n) is 3.03. The van der Waals surface area contributed by atoms with Gasteiger partial charge in [-0.2, -0.15) is 8.42 Å². The number of amides is 4. The number of nitrogens with two attached hydrogens (primary N) is 1. The van der Waals surface area contributed by atoms with Crippen molar-refractivity contribution >= 4 is 56.1 Å². The first kappa shape index (κ1) is 24.6. The Balaban J connectivity index is 1.32. The standard InChI is InChI=1S/C19H18N8O7S2/c1-33-24-15(12-9-35-18(20)22-12)16(28)21-11-8-27(17(11)29)19(30)26-36(31,32)25-14-7-13(34-23-14)10-5-3-2-4-6-10/h2-7,9,11H,8H2,1H3,(H2,20,22)(H,21,28)(H,23,25)(H,26,30)/t11-/m0/s1. The summed E-state index contributed by atoms with van der Waals surface area (Å²) in [7, 11) is -3.23. The molecule has 4 amide bonds. The largest absolute Gasteiger partial charge is 0.398 e. The Bertz CT molecular complexity index is 1430. The molecule has 0 bridgehead atoms. The highest BCUT2D eigenvalue weighted by Gasteiger charge is 2.43. The number of likely N-dealkylation sites (tertiary alicyclic amines) is 1. The zero-order valence-corrected chi connectivity index (χ0v) is 20.0. The Kier molecular flexibility index (Phi) is 6.84. The summed E-state index contributed by atoms with van der Waals surface area (Å²) in [6, 6.07) is 7.82. The number of oxime groups is 1. The van der Waals surface area contributed by atoms with Gasteiger partial charge in [0.1, 0.15) is 18.8 Å². The molecule has 4 rings (SSSR count). The van der Waals surface area contributed by atoms with Crippen LogP contribution in [0.1, 0.15) is 5.69 Å². The lowest BCUT2D eigenvalue weighted by Crippen LogP contribution is -2.68. The fourth-order valence-corrected chi connectivity index (χ4v) is 4.34. The summed E-state index contributed by atoms with van der Waals surface area (Å²) in [5.74, 6) is -1.51. The zero-order chi connectivity index (χ0) is 25.9. The van der Waals surface area contributed by atoms with Crippen molar-refractivity contribution in [1.82, 2.24) is 25.1 Å². The molecule has 5 N–H and O–H groups in total. The number of nitrogens with zero attached hydrogens (tertiary/aromatic N) is 4. The number of thiazole rings is 1. The number of anilines is 2. The lowest BCUT2D eigenvalue weighted by atomic mass is 10.1. The number of benzene rings is 1. The summed E-state index contributed by atoms with van der Waals surface area (Å²) in [5, 5.41) is 11.3. The number of nitrogen functional groups attached to an aromatic ring is 1. The van der Waals surface area contributed by atoms with Crippen LogP contribution >= 0.6 is 11.3 Å². The molecule has 0 aliphatic carbocycles. The Hall–Kier alpha value is -4.51. The summed E-state index contributed by atoms with van der Waals surface area (Å²) < 4.78 is 33.4. The van der Waals surface area contributed by atoms with Crippen molar-refractivity contribution in [2.24, 2.45) is 5.16 Å². The molecule has 3 aromatic rings. The van der Waals surface area contributed by atoms with Crippen LogP contribution in [0.15, 0.2) is 51.5 Å². The number of nitrogens with one attached hydrogen (secondary N) is 3. The van der Waals surface area contributed by atoms with Gasteiger partial charge in [0, 0.05) is 17.0 Å². The molecule has 2 aromatic heterocycles. The van der Waals surface area contributed by atoms with Crippen molar-refractivity contribution in [3.63, 3.8) is 0 Å². The molecule has 0 unspecified atom stereocenters. The molecule has 36 heavy (non-hydrogen) atoms. The molecule has 0 spiro atoms. The fraction of sp³-hybridized carbons (Fsp3) is 0.158. The molecule has 188 valence electrons. The van der Waals surface area contributed by atoms with Crippen LogP contribution in [0.2, 0.25) is 0 Å². The quantitative estimate of drug-likeness (QED) is 0.174. The van der Waals surface area contributed by atoms with Crippen molar-refractivity contribution in [2.45, 2.75) is 6.04 Å². The maximum Gasteiger partial charge on any atom is 0.339 e. The van der Waals surface area contributed by atoms with Gasteiger partial charge in [-0.05, 0) is 0 Å². The number of imide groups is 1. The molecule has 0 radical (unpaired) electrons. The molecule has 15 nitrogen and oxygen atoms in total. The van der Waals surface area contributed by atoms with Gasteiger partial charge in [-0.15, -0.1) is 11.3 Å². The second-order valence-corrected chi connectivity index (χ2v) is 9.43. The smallest absolute Gasteiger partial charge is 0.339 e. The predicted octanol–water partition coefficient (Wildman–Crippen LogP) is 0.124. The van der Waals surface area contributed by atoms with Crippen molar-refractivity contribution in [2.75, 3.05) is 24.1 Å². The molecular formula is C19H18N8O7S2. The number of aromatic nitrogens is 2. The van der Waals surface area contributed by atoms with Gasteiger partial charge in [-0.3, -0.25) is 14.5 Å². The van der Waals surface area contributed by atoms with Crippen LogP contribution in [0.3, 0.4) is 0 Å².